The highest BCUT2D eigenvalue weighted by atomic mass is 16.5. The summed E-state index contributed by atoms with van der Waals surface area (Å²) in [6.07, 6.45) is 2.06. The number of aryl methyl sites for hydroxylation is 1. The lowest BCUT2D eigenvalue weighted by Crippen LogP contribution is -2.00. The number of carboxylic acids is 1. The Balaban J connectivity index is 2.29. The van der Waals surface area contributed by atoms with Gasteiger partial charge in [0, 0.05) is 11.3 Å². The highest BCUT2D eigenvalue weighted by Gasteiger charge is 2.18. The fourth-order valence-corrected chi connectivity index (χ4v) is 1.97. The Kier molecular flexibility index (Phi) is 4.40. The molecule has 2 aromatic rings. The van der Waals surface area contributed by atoms with E-state index in [9.17, 15) is 9.90 Å². The summed E-state index contributed by atoms with van der Waals surface area (Å²) in [5.41, 5.74) is 1.93. The summed E-state index contributed by atoms with van der Waals surface area (Å²) >= 11 is 0. The van der Waals surface area contributed by atoms with Crippen LogP contribution >= 0.6 is 0 Å². The first-order chi connectivity index (χ1) is 9.63. The molecule has 0 aliphatic heterocycles. The topological polar surface area (TPSA) is 75.2 Å². The molecule has 0 aliphatic carbocycles. The van der Waals surface area contributed by atoms with E-state index in [2.05, 4.69) is 17.1 Å². The van der Waals surface area contributed by atoms with Crippen LogP contribution in [0, 0.1) is 6.92 Å². The number of benzene rings is 1. The summed E-state index contributed by atoms with van der Waals surface area (Å²) in [7, 11) is 0. The van der Waals surface area contributed by atoms with Crippen LogP contribution in [-0.2, 0) is 0 Å². The Morgan fingerprint density at radius 2 is 2.25 bits per heavy atom. The minimum atomic E-state index is -0.983. The first kappa shape index (κ1) is 14.1. The van der Waals surface area contributed by atoms with Gasteiger partial charge in [0.15, 0.2) is 0 Å². The maximum atomic E-state index is 11.3. The molecule has 0 saturated carbocycles. The summed E-state index contributed by atoms with van der Waals surface area (Å²) in [6.45, 7) is 4.46. The fraction of sp³-hybridized carbons (Fsp3) is 0.333. The van der Waals surface area contributed by atoms with Gasteiger partial charge in [0.05, 0.1) is 6.61 Å². The number of hydrogen-bond donors (Lipinski definition) is 2. The molecule has 0 bridgehead atoms. The Morgan fingerprint density at radius 3 is 2.95 bits per heavy atom. The van der Waals surface area contributed by atoms with Gasteiger partial charge in [-0.05, 0) is 25.5 Å². The Bertz CT molecular complexity index is 605. The zero-order chi connectivity index (χ0) is 14.5. The van der Waals surface area contributed by atoms with Crippen molar-refractivity contribution >= 4 is 5.97 Å². The molecule has 0 saturated heterocycles. The Morgan fingerprint density at radius 1 is 1.45 bits per heavy atom. The normalized spacial score (nSPS) is 10.5. The number of unbranched alkanes of at least 4 members (excludes halogenated alkanes) is 1. The molecule has 0 spiro atoms. The summed E-state index contributed by atoms with van der Waals surface area (Å²) < 4.78 is 5.63. The van der Waals surface area contributed by atoms with Gasteiger partial charge in [-0.3, -0.25) is 5.10 Å². The summed E-state index contributed by atoms with van der Waals surface area (Å²) in [5.74, 6) is -0.253. The van der Waals surface area contributed by atoms with Gasteiger partial charge in [0.25, 0.3) is 0 Å². The van der Waals surface area contributed by atoms with Crippen molar-refractivity contribution in [3.05, 3.63) is 35.5 Å². The van der Waals surface area contributed by atoms with Crippen molar-refractivity contribution in [2.75, 3.05) is 6.61 Å². The largest absolute Gasteiger partial charge is 0.494 e. The highest BCUT2D eigenvalue weighted by molar-refractivity contribution is 5.96. The van der Waals surface area contributed by atoms with Crippen LogP contribution in [0.25, 0.3) is 11.3 Å². The number of aromatic amines is 1. The van der Waals surface area contributed by atoms with Gasteiger partial charge >= 0.3 is 5.97 Å². The fourth-order valence-electron chi connectivity index (χ4n) is 1.97. The number of rotatable bonds is 6. The lowest BCUT2D eigenvalue weighted by Gasteiger charge is -2.07. The zero-order valence-corrected chi connectivity index (χ0v) is 11.6. The molecule has 106 valence electrons. The van der Waals surface area contributed by atoms with Gasteiger partial charge < -0.3 is 9.84 Å². The number of aromatic carboxylic acids is 1. The monoisotopic (exact) mass is 274 g/mol. The lowest BCUT2D eigenvalue weighted by molar-refractivity contribution is 0.0697. The van der Waals surface area contributed by atoms with Crippen LogP contribution in [0.2, 0.25) is 0 Å². The van der Waals surface area contributed by atoms with E-state index >= 15 is 0 Å². The standard InChI is InChI=1S/C15H18N2O3/c1-3-4-8-20-12-7-5-6-11(9-12)14-13(15(18)19)10(2)16-17-14/h5-7,9H,3-4,8H2,1-2H3,(H,16,17)(H,18,19). The van der Waals surface area contributed by atoms with Gasteiger partial charge in [0.2, 0.25) is 0 Å². The smallest absolute Gasteiger partial charge is 0.339 e. The molecule has 0 unspecified atom stereocenters. The van der Waals surface area contributed by atoms with Crippen molar-refractivity contribution < 1.29 is 14.6 Å². The molecule has 0 atom stereocenters. The van der Waals surface area contributed by atoms with Gasteiger partial charge in [-0.1, -0.05) is 25.5 Å². The molecule has 2 rings (SSSR count). The summed E-state index contributed by atoms with van der Waals surface area (Å²) in [4.78, 5) is 11.3. The first-order valence-corrected chi connectivity index (χ1v) is 6.65. The van der Waals surface area contributed by atoms with Gasteiger partial charge in [-0.2, -0.15) is 5.10 Å². The average molecular weight is 274 g/mol. The molecule has 1 heterocycles. The number of aromatic nitrogens is 2. The number of ether oxygens (including phenoxy) is 1. The number of carbonyl (C=O) groups is 1. The van der Waals surface area contributed by atoms with Crippen molar-refractivity contribution in [2.24, 2.45) is 0 Å². The number of carboxylic acid groups (broad SMARTS) is 1. The van der Waals surface area contributed by atoms with Crippen molar-refractivity contribution in [3.63, 3.8) is 0 Å². The third-order valence-corrected chi connectivity index (χ3v) is 3.04. The maximum Gasteiger partial charge on any atom is 0.339 e. The maximum absolute atomic E-state index is 11.3. The van der Waals surface area contributed by atoms with Crippen LogP contribution in [0.5, 0.6) is 5.75 Å². The molecule has 0 fully saturated rings. The van der Waals surface area contributed by atoms with Crippen LogP contribution in [0.15, 0.2) is 24.3 Å². The van der Waals surface area contributed by atoms with Crippen molar-refractivity contribution in [1.29, 1.82) is 0 Å². The van der Waals surface area contributed by atoms with E-state index in [0.717, 1.165) is 24.2 Å². The van der Waals surface area contributed by atoms with Crippen molar-refractivity contribution in [3.8, 4) is 17.0 Å². The third kappa shape index (κ3) is 2.99. The second-order valence-corrected chi connectivity index (χ2v) is 4.61. The van der Waals surface area contributed by atoms with Crippen LogP contribution in [0.4, 0.5) is 0 Å². The number of nitrogens with one attached hydrogen (secondary N) is 1. The molecule has 2 N–H and O–H groups in total. The van der Waals surface area contributed by atoms with Crippen molar-refractivity contribution in [1.82, 2.24) is 10.2 Å². The van der Waals surface area contributed by atoms with E-state index in [-0.39, 0.29) is 5.56 Å². The van der Waals surface area contributed by atoms with E-state index in [4.69, 9.17) is 4.74 Å². The van der Waals surface area contributed by atoms with E-state index < -0.39 is 5.97 Å². The Labute approximate surface area is 117 Å². The zero-order valence-electron chi connectivity index (χ0n) is 11.6. The Hall–Kier alpha value is -2.30. The minimum Gasteiger partial charge on any atom is -0.494 e. The van der Waals surface area contributed by atoms with E-state index in [0.29, 0.717) is 18.0 Å². The van der Waals surface area contributed by atoms with Crippen molar-refractivity contribution in [2.45, 2.75) is 26.7 Å². The molecular weight excluding hydrogens is 256 g/mol. The van der Waals surface area contributed by atoms with Gasteiger partial charge in [0.1, 0.15) is 17.0 Å². The average Bonchev–Trinajstić information content (AvgIpc) is 2.81. The number of nitrogens with zero attached hydrogens (tertiary/aromatic N) is 1. The SMILES string of the molecule is CCCCOc1cccc(-c2n[nH]c(C)c2C(=O)O)c1. The van der Waals surface area contributed by atoms with Crippen LogP contribution in [0.3, 0.4) is 0 Å². The third-order valence-electron chi connectivity index (χ3n) is 3.04. The highest BCUT2D eigenvalue weighted by Crippen LogP contribution is 2.26. The first-order valence-electron chi connectivity index (χ1n) is 6.65. The van der Waals surface area contributed by atoms with E-state index in [1.54, 1.807) is 6.92 Å². The number of H-pyrrole nitrogens is 1. The van der Waals surface area contributed by atoms with Crippen LogP contribution in [-0.4, -0.2) is 27.9 Å². The van der Waals surface area contributed by atoms with Gasteiger partial charge in [-0.25, -0.2) is 4.79 Å². The molecule has 20 heavy (non-hydrogen) atoms. The van der Waals surface area contributed by atoms with Crippen LogP contribution < -0.4 is 4.74 Å². The molecule has 5 nitrogen and oxygen atoms in total. The van der Waals surface area contributed by atoms with E-state index in [1.807, 2.05) is 24.3 Å². The molecule has 0 aliphatic rings. The quantitative estimate of drug-likeness (QED) is 0.793. The van der Waals surface area contributed by atoms with Gasteiger partial charge in [-0.15, -0.1) is 0 Å². The molecular formula is C15H18N2O3. The molecule has 0 amide bonds. The predicted molar refractivity (Wildman–Crippen MR) is 76.1 cm³/mol. The molecule has 5 heteroatoms. The molecule has 0 radical (unpaired) electrons. The van der Waals surface area contributed by atoms with Crippen LogP contribution in [0.1, 0.15) is 35.8 Å². The lowest BCUT2D eigenvalue weighted by atomic mass is 10.1. The number of hydrogen-bond acceptors (Lipinski definition) is 3. The summed E-state index contributed by atoms with van der Waals surface area (Å²) in [5, 5.41) is 16.0. The minimum absolute atomic E-state index is 0.204. The molecule has 1 aromatic carbocycles. The second kappa shape index (κ2) is 6.23. The second-order valence-electron chi connectivity index (χ2n) is 4.61. The summed E-state index contributed by atoms with van der Waals surface area (Å²) in [6, 6.07) is 7.35. The predicted octanol–water partition coefficient (Wildman–Crippen LogP) is 3.26. The molecule has 1 aromatic heterocycles. The van der Waals surface area contributed by atoms with E-state index in [1.165, 1.54) is 0 Å².